The summed E-state index contributed by atoms with van der Waals surface area (Å²) in [4.78, 5) is 20.5. The Balaban J connectivity index is 2.14. The van der Waals surface area contributed by atoms with Crippen LogP contribution in [0.2, 0.25) is 0 Å². The van der Waals surface area contributed by atoms with Crippen molar-refractivity contribution in [3.8, 4) is 0 Å². The van der Waals surface area contributed by atoms with Gasteiger partial charge in [-0.15, -0.1) is 0 Å². The summed E-state index contributed by atoms with van der Waals surface area (Å²) in [6.45, 7) is 6.76. The van der Waals surface area contributed by atoms with Crippen LogP contribution in [0, 0.1) is 5.92 Å². The fourth-order valence-corrected chi connectivity index (χ4v) is 2.24. The predicted octanol–water partition coefficient (Wildman–Crippen LogP) is 2.37. The van der Waals surface area contributed by atoms with Crippen LogP contribution in [0.4, 0.5) is 5.82 Å². The Hall–Kier alpha value is -2.37. The topological polar surface area (TPSA) is 71.8 Å². The molecule has 6 nitrogen and oxygen atoms in total. The van der Waals surface area contributed by atoms with Gasteiger partial charge in [0.05, 0.1) is 11.6 Å². The van der Waals surface area contributed by atoms with Crippen molar-refractivity contribution in [2.45, 2.75) is 26.8 Å². The second kappa shape index (κ2) is 7.06. The fraction of sp³-hybridized carbons (Fsp3) is 0.438. The van der Waals surface area contributed by atoms with Gasteiger partial charge in [-0.1, -0.05) is 13.8 Å². The highest BCUT2D eigenvalue weighted by Crippen LogP contribution is 2.24. The molecule has 6 heteroatoms. The van der Waals surface area contributed by atoms with E-state index in [-0.39, 0.29) is 11.9 Å². The van der Waals surface area contributed by atoms with E-state index in [1.165, 1.54) is 0 Å². The van der Waals surface area contributed by atoms with Crippen LogP contribution in [-0.4, -0.2) is 27.0 Å². The highest BCUT2D eigenvalue weighted by atomic mass is 16.1. The third-order valence-corrected chi connectivity index (χ3v) is 3.47. The molecule has 0 aliphatic heterocycles. The lowest BCUT2D eigenvalue weighted by Gasteiger charge is -2.22. The molecule has 0 bridgehead atoms. The molecule has 2 aromatic heterocycles. The Morgan fingerprint density at radius 2 is 2.09 bits per heavy atom. The Morgan fingerprint density at radius 3 is 2.59 bits per heavy atom. The lowest BCUT2D eigenvalue weighted by atomic mass is 10.0. The van der Waals surface area contributed by atoms with E-state index < -0.39 is 0 Å². The molecule has 118 valence electrons. The molecular formula is C16H23N5O. The molecule has 2 aromatic rings. The average molecular weight is 301 g/mol. The second-order valence-corrected chi connectivity index (χ2v) is 5.55. The number of aromatic nitrogens is 3. The number of hydrogen-bond acceptors (Lipinski definition) is 4. The van der Waals surface area contributed by atoms with Crippen molar-refractivity contribution in [3.05, 3.63) is 42.1 Å². The summed E-state index contributed by atoms with van der Waals surface area (Å²) in [5.41, 5.74) is 0.561. The number of pyridine rings is 1. The molecule has 1 atom stereocenters. The van der Waals surface area contributed by atoms with Crippen LogP contribution in [0.25, 0.3) is 0 Å². The number of hydrogen-bond donors (Lipinski definition) is 2. The second-order valence-electron chi connectivity index (χ2n) is 5.55. The monoisotopic (exact) mass is 301 g/mol. The first-order valence-corrected chi connectivity index (χ1v) is 7.51. The van der Waals surface area contributed by atoms with Gasteiger partial charge in [0.2, 0.25) is 0 Å². The molecule has 0 spiro atoms. The standard InChI is InChI=1S/C16H23N5O/c1-5-17-16(22)12-6-7-13(19-10-12)20-14(11(2)3)15-18-8-9-21(15)4/h6-11,14H,5H2,1-4H3,(H,17,22)(H,19,20). The third kappa shape index (κ3) is 3.63. The Morgan fingerprint density at radius 1 is 1.32 bits per heavy atom. The normalized spacial score (nSPS) is 12.2. The highest BCUT2D eigenvalue weighted by Gasteiger charge is 2.20. The summed E-state index contributed by atoms with van der Waals surface area (Å²) in [5, 5.41) is 6.15. The lowest BCUT2D eigenvalue weighted by molar-refractivity contribution is 0.0955. The Bertz CT molecular complexity index is 618. The van der Waals surface area contributed by atoms with Crippen molar-refractivity contribution in [3.63, 3.8) is 0 Å². The first-order valence-electron chi connectivity index (χ1n) is 7.51. The third-order valence-electron chi connectivity index (χ3n) is 3.47. The summed E-state index contributed by atoms with van der Waals surface area (Å²) in [5.74, 6) is 1.94. The van der Waals surface area contributed by atoms with Crippen LogP contribution in [0.5, 0.6) is 0 Å². The molecule has 2 heterocycles. The molecule has 0 saturated carbocycles. The van der Waals surface area contributed by atoms with Crippen LogP contribution in [-0.2, 0) is 7.05 Å². The zero-order valence-electron chi connectivity index (χ0n) is 13.5. The van der Waals surface area contributed by atoms with Gasteiger partial charge >= 0.3 is 0 Å². The molecule has 0 aliphatic rings. The zero-order valence-corrected chi connectivity index (χ0v) is 13.5. The van der Waals surface area contributed by atoms with E-state index in [1.807, 2.05) is 30.8 Å². The van der Waals surface area contributed by atoms with Crippen molar-refractivity contribution >= 4 is 11.7 Å². The van der Waals surface area contributed by atoms with Crippen LogP contribution in [0.3, 0.4) is 0 Å². The number of amides is 1. The summed E-state index contributed by atoms with van der Waals surface area (Å²) in [7, 11) is 1.98. The van der Waals surface area contributed by atoms with Gasteiger partial charge < -0.3 is 15.2 Å². The van der Waals surface area contributed by atoms with Crippen molar-refractivity contribution in [1.82, 2.24) is 19.9 Å². The molecule has 0 saturated heterocycles. The summed E-state index contributed by atoms with van der Waals surface area (Å²) >= 11 is 0. The van der Waals surface area contributed by atoms with Gasteiger partial charge in [0.1, 0.15) is 11.6 Å². The largest absolute Gasteiger partial charge is 0.360 e. The lowest BCUT2D eigenvalue weighted by Crippen LogP contribution is -2.23. The van der Waals surface area contributed by atoms with Crippen LogP contribution >= 0.6 is 0 Å². The number of carbonyl (C=O) groups is 1. The average Bonchev–Trinajstić information content (AvgIpc) is 2.91. The van der Waals surface area contributed by atoms with Crippen LogP contribution in [0.15, 0.2) is 30.7 Å². The molecule has 22 heavy (non-hydrogen) atoms. The predicted molar refractivity (Wildman–Crippen MR) is 86.7 cm³/mol. The van der Waals surface area contributed by atoms with E-state index in [4.69, 9.17) is 0 Å². The van der Waals surface area contributed by atoms with Gasteiger partial charge in [-0.2, -0.15) is 0 Å². The smallest absolute Gasteiger partial charge is 0.252 e. The van der Waals surface area contributed by atoms with Crippen LogP contribution < -0.4 is 10.6 Å². The molecular weight excluding hydrogens is 278 g/mol. The van der Waals surface area contributed by atoms with Crippen molar-refractivity contribution in [2.75, 3.05) is 11.9 Å². The maximum absolute atomic E-state index is 11.7. The maximum Gasteiger partial charge on any atom is 0.252 e. The van der Waals surface area contributed by atoms with E-state index in [1.54, 1.807) is 18.5 Å². The van der Waals surface area contributed by atoms with Gasteiger partial charge in [0.25, 0.3) is 5.91 Å². The number of carbonyl (C=O) groups excluding carboxylic acids is 1. The Kier molecular flexibility index (Phi) is 5.14. The SMILES string of the molecule is CCNC(=O)c1ccc(NC(c2nccn2C)C(C)C)nc1. The molecule has 2 rings (SSSR count). The summed E-state index contributed by atoms with van der Waals surface area (Å²) < 4.78 is 2.00. The van der Waals surface area contributed by atoms with E-state index in [0.717, 1.165) is 11.6 Å². The molecule has 0 aliphatic carbocycles. The molecule has 0 radical (unpaired) electrons. The first-order chi connectivity index (χ1) is 10.5. The highest BCUT2D eigenvalue weighted by molar-refractivity contribution is 5.93. The molecule has 1 unspecified atom stereocenters. The molecule has 1 amide bonds. The number of rotatable bonds is 6. The number of anilines is 1. The van der Waals surface area contributed by atoms with Gasteiger partial charge in [0.15, 0.2) is 0 Å². The van der Waals surface area contributed by atoms with E-state index in [2.05, 4.69) is 34.4 Å². The van der Waals surface area contributed by atoms with Crippen molar-refractivity contribution < 1.29 is 4.79 Å². The van der Waals surface area contributed by atoms with Crippen LogP contribution in [0.1, 0.15) is 43.0 Å². The number of nitrogens with zero attached hydrogens (tertiary/aromatic N) is 3. The minimum Gasteiger partial charge on any atom is -0.360 e. The molecule has 0 aromatic carbocycles. The van der Waals surface area contributed by atoms with Gasteiger partial charge in [0, 0.05) is 32.2 Å². The van der Waals surface area contributed by atoms with Gasteiger partial charge in [-0.3, -0.25) is 4.79 Å². The van der Waals surface area contributed by atoms with E-state index in [0.29, 0.717) is 18.0 Å². The number of aryl methyl sites for hydroxylation is 1. The molecule has 2 N–H and O–H groups in total. The quantitative estimate of drug-likeness (QED) is 0.859. The zero-order chi connectivity index (χ0) is 16.1. The minimum atomic E-state index is -0.105. The maximum atomic E-state index is 11.7. The summed E-state index contributed by atoms with van der Waals surface area (Å²) in [6, 6.07) is 3.65. The molecule has 0 fully saturated rings. The fourth-order valence-electron chi connectivity index (χ4n) is 2.24. The van der Waals surface area contributed by atoms with Gasteiger partial charge in [-0.05, 0) is 25.0 Å². The minimum absolute atomic E-state index is 0.0582. The van der Waals surface area contributed by atoms with Gasteiger partial charge in [-0.25, -0.2) is 9.97 Å². The Labute approximate surface area is 131 Å². The van der Waals surface area contributed by atoms with E-state index in [9.17, 15) is 4.79 Å². The number of imidazole rings is 1. The van der Waals surface area contributed by atoms with Crippen molar-refractivity contribution in [1.29, 1.82) is 0 Å². The van der Waals surface area contributed by atoms with E-state index >= 15 is 0 Å². The first kappa shape index (κ1) is 16.0. The number of nitrogens with one attached hydrogen (secondary N) is 2. The van der Waals surface area contributed by atoms with Crippen molar-refractivity contribution in [2.24, 2.45) is 13.0 Å². The summed E-state index contributed by atoms with van der Waals surface area (Å²) in [6.07, 6.45) is 5.30.